The Morgan fingerprint density at radius 3 is 2.00 bits per heavy atom. The first-order valence-corrected chi connectivity index (χ1v) is 7.65. The molecular weight excluding hydrogens is 224 g/mol. The summed E-state index contributed by atoms with van der Waals surface area (Å²) < 4.78 is 0. The SMILES string of the molecule is CCCC(CCC)CCN1CCN(C(C)=O)CC1. The van der Waals surface area contributed by atoms with Gasteiger partial charge >= 0.3 is 0 Å². The average Bonchev–Trinajstić information content (AvgIpc) is 2.37. The molecule has 0 bridgehead atoms. The molecule has 1 heterocycles. The predicted octanol–water partition coefficient (Wildman–Crippen LogP) is 2.76. The Kier molecular flexibility index (Phi) is 7.33. The van der Waals surface area contributed by atoms with Crippen molar-refractivity contribution in [3.05, 3.63) is 0 Å². The lowest BCUT2D eigenvalue weighted by atomic mass is 9.94. The first-order valence-electron chi connectivity index (χ1n) is 7.65. The number of piperazine rings is 1. The highest BCUT2D eigenvalue weighted by molar-refractivity contribution is 5.73. The molecule has 0 radical (unpaired) electrons. The highest BCUT2D eigenvalue weighted by atomic mass is 16.2. The van der Waals surface area contributed by atoms with Crippen LogP contribution in [0.15, 0.2) is 0 Å². The second-order valence-electron chi connectivity index (χ2n) is 5.58. The highest BCUT2D eigenvalue weighted by Crippen LogP contribution is 2.18. The Labute approximate surface area is 113 Å². The molecule has 1 rings (SSSR count). The van der Waals surface area contributed by atoms with Crippen molar-refractivity contribution in [3.8, 4) is 0 Å². The van der Waals surface area contributed by atoms with Gasteiger partial charge in [0, 0.05) is 33.1 Å². The molecule has 0 unspecified atom stereocenters. The van der Waals surface area contributed by atoms with Crippen LogP contribution in [0.5, 0.6) is 0 Å². The molecule has 1 fully saturated rings. The van der Waals surface area contributed by atoms with Gasteiger partial charge in [-0.05, 0) is 18.9 Å². The molecule has 106 valence electrons. The molecule has 1 saturated heterocycles. The van der Waals surface area contributed by atoms with E-state index >= 15 is 0 Å². The monoisotopic (exact) mass is 254 g/mol. The molecule has 0 saturated carbocycles. The van der Waals surface area contributed by atoms with Crippen molar-refractivity contribution >= 4 is 5.91 Å². The third-order valence-electron chi connectivity index (χ3n) is 4.07. The van der Waals surface area contributed by atoms with Gasteiger partial charge in [-0.15, -0.1) is 0 Å². The summed E-state index contributed by atoms with van der Waals surface area (Å²) in [4.78, 5) is 15.7. The molecule has 0 aromatic rings. The zero-order valence-electron chi connectivity index (χ0n) is 12.5. The molecule has 0 aliphatic carbocycles. The summed E-state index contributed by atoms with van der Waals surface area (Å²) in [6.07, 6.45) is 6.70. The fourth-order valence-electron chi connectivity index (χ4n) is 2.90. The summed E-state index contributed by atoms with van der Waals surface area (Å²) in [5.74, 6) is 1.13. The van der Waals surface area contributed by atoms with Crippen molar-refractivity contribution in [2.45, 2.75) is 52.9 Å². The number of nitrogens with zero attached hydrogens (tertiary/aromatic N) is 2. The summed E-state index contributed by atoms with van der Waals surface area (Å²) in [6.45, 7) is 11.4. The normalized spacial score (nSPS) is 17.4. The van der Waals surface area contributed by atoms with Crippen LogP contribution in [0.1, 0.15) is 52.9 Å². The molecule has 1 amide bonds. The summed E-state index contributed by atoms with van der Waals surface area (Å²) in [5, 5.41) is 0. The van der Waals surface area contributed by atoms with Crippen LogP contribution in [-0.2, 0) is 4.79 Å². The van der Waals surface area contributed by atoms with Gasteiger partial charge in [0.1, 0.15) is 0 Å². The van der Waals surface area contributed by atoms with E-state index in [0.29, 0.717) is 0 Å². The smallest absolute Gasteiger partial charge is 0.219 e. The minimum Gasteiger partial charge on any atom is -0.340 e. The van der Waals surface area contributed by atoms with Crippen molar-refractivity contribution in [2.75, 3.05) is 32.7 Å². The molecule has 0 spiro atoms. The van der Waals surface area contributed by atoms with Crippen LogP contribution < -0.4 is 0 Å². The zero-order chi connectivity index (χ0) is 13.4. The van der Waals surface area contributed by atoms with Gasteiger partial charge in [0.15, 0.2) is 0 Å². The van der Waals surface area contributed by atoms with E-state index in [1.807, 2.05) is 4.90 Å². The number of hydrogen-bond donors (Lipinski definition) is 0. The van der Waals surface area contributed by atoms with E-state index in [9.17, 15) is 4.79 Å². The predicted molar refractivity (Wildman–Crippen MR) is 76.6 cm³/mol. The van der Waals surface area contributed by atoms with Crippen LogP contribution in [0, 0.1) is 5.92 Å². The second-order valence-corrected chi connectivity index (χ2v) is 5.58. The fourth-order valence-corrected chi connectivity index (χ4v) is 2.90. The number of carbonyl (C=O) groups is 1. The van der Waals surface area contributed by atoms with Crippen LogP contribution >= 0.6 is 0 Å². The van der Waals surface area contributed by atoms with Crippen molar-refractivity contribution in [1.29, 1.82) is 0 Å². The molecule has 3 heteroatoms. The molecule has 0 aromatic heterocycles. The van der Waals surface area contributed by atoms with Gasteiger partial charge in [-0.2, -0.15) is 0 Å². The maximum Gasteiger partial charge on any atom is 0.219 e. The van der Waals surface area contributed by atoms with E-state index in [0.717, 1.165) is 32.1 Å². The Hall–Kier alpha value is -0.570. The van der Waals surface area contributed by atoms with Crippen molar-refractivity contribution in [2.24, 2.45) is 5.92 Å². The van der Waals surface area contributed by atoms with Gasteiger partial charge in [-0.3, -0.25) is 9.69 Å². The Balaban J connectivity index is 2.21. The van der Waals surface area contributed by atoms with Crippen LogP contribution in [0.25, 0.3) is 0 Å². The Bertz CT molecular complexity index is 229. The molecule has 1 aliphatic heterocycles. The maximum atomic E-state index is 11.2. The Morgan fingerprint density at radius 1 is 1.00 bits per heavy atom. The lowest BCUT2D eigenvalue weighted by molar-refractivity contribution is -0.130. The third-order valence-corrected chi connectivity index (χ3v) is 4.07. The number of amides is 1. The van der Waals surface area contributed by atoms with Crippen LogP contribution in [0.3, 0.4) is 0 Å². The summed E-state index contributed by atoms with van der Waals surface area (Å²) in [7, 11) is 0. The summed E-state index contributed by atoms with van der Waals surface area (Å²) in [6, 6.07) is 0. The topological polar surface area (TPSA) is 23.6 Å². The number of carbonyl (C=O) groups excluding carboxylic acids is 1. The summed E-state index contributed by atoms with van der Waals surface area (Å²) >= 11 is 0. The van der Waals surface area contributed by atoms with Gasteiger partial charge in [-0.1, -0.05) is 39.5 Å². The Morgan fingerprint density at radius 2 is 1.56 bits per heavy atom. The minimum absolute atomic E-state index is 0.226. The zero-order valence-corrected chi connectivity index (χ0v) is 12.5. The second kappa shape index (κ2) is 8.52. The van der Waals surface area contributed by atoms with Crippen molar-refractivity contribution < 1.29 is 4.79 Å². The van der Waals surface area contributed by atoms with Crippen LogP contribution in [0.2, 0.25) is 0 Å². The van der Waals surface area contributed by atoms with E-state index in [4.69, 9.17) is 0 Å². The quantitative estimate of drug-likeness (QED) is 0.697. The fraction of sp³-hybridized carbons (Fsp3) is 0.933. The van der Waals surface area contributed by atoms with Gasteiger partial charge in [-0.25, -0.2) is 0 Å². The molecule has 18 heavy (non-hydrogen) atoms. The van der Waals surface area contributed by atoms with Gasteiger partial charge in [0.25, 0.3) is 0 Å². The number of rotatable bonds is 7. The molecule has 0 N–H and O–H groups in total. The van der Waals surface area contributed by atoms with E-state index in [2.05, 4.69) is 18.7 Å². The molecule has 3 nitrogen and oxygen atoms in total. The van der Waals surface area contributed by atoms with E-state index < -0.39 is 0 Å². The van der Waals surface area contributed by atoms with E-state index in [1.54, 1.807) is 6.92 Å². The lowest BCUT2D eigenvalue weighted by Crippen LogP contribution is -2.48. The first kappa shape index (κ1) is 15.5. The van der Waals surface area contributed by atoms with Crippen molar-refractivity contribution in [3.63, 3.8) is 0 Å². The van der Waals surface area contributed by atoms with Gasteiger partial charge < -0.3 is 4.90 Å². The lowest BCUT2D eigenvalue weighted by Gasteiger charge is -2.34. The van der Waals surface area contributed by atoms with E-state index in [1.165, 1.54) is 38.6 Å². The third kappa shape index (κ3) is 5.38. The maximum absolute atomic E-state index is 11.2. The largest absolute Gasteiger partial charge is 0.340 e. The minimum atomic E-state index is 0.226. The van der Waals surface area contributed by atoms with Gasteiger partial charge in [0.05, 0.1) is 0 Å². The van der Waals surface area contributed by atoms with Crippen LogP contribution in [-0.4, -0.2) is 48.4 Å². The van der Waals surface area contributed by atoms with Crippen molar-refractivity contribution in [1.82, 2.24) is 9.80 Å². The average molecular weight is 254 g/mol. The highest BCUT2D eigenvalue weighted by Gasteiger charge is 2.19. The molecule has 0 aromatic carbocycles. The molecular formula is C15H30N2O. The standard InChI is InChI=1S/C15H30N2O/c1-4-6-15(7-5-2)8-9-16-10-12-17(13-11-16)14(3)18/h15H,4-13H2,1-3H3. The molecule has 1 aliphatic rings. The molecule has 0 atom stereocenters. The van der Waals surface area contributed by atoms with Crippen LogP contribution in [0.4, 0.5) is 0 Å². The van der Waals surface area contributed by atoms with E-state index in [-0.39, 0.29) is 5.91 Å². The van der Waals surface area contributed by atoms with Gasteiger partial charge in [0.2, 0.25) is 5.91 Å². The summed E-state index contributed by atoms with van der Waals surface area (Å²) in [5.41, 5.74) is 0. The number of hydrogen-bond acceptors (Lipinski definition) is 2. The first-order chi connectivity index (χ1) is 8.67.